The predicted octanol–water partition coefficient (Wildman–Crippen LogP) is 3.17. The van der Waals surface area contributed by atoms with Gasteiger partial charge in [-0.05, 0) is 38.1 Å². The molecule has 0 bridgehead atoms. The highest BCUT2D eigenvalue weighted by Crippen LogP contribution is 2.12. The molecule has 0 atom stereocenters. The van der Waals surface area contributed by atoms with E-state index >= 15 is 0 Å². The van der Waals surface area contributed by atoms with Gasteiger partial charge in [-0.1, -0.05) is 17.2 Å². The molecule has 0 saturated carbocycles. The summed E-state index contributed by atoms with van der Waals surface area (Å²) in [4.78, 5) is 13.9. The minimum Gasteiger partial charge on any atom is -0.467 e. The normalized spacial score (nSPS) is 10.4. The smallest absolute Gasteiger partial charge is 0.254 e. The second-order valence-corrected chi connectivity index (χ2v) is 4.62. The van der Waals surface area contributed by atoms with Crippen LogP contribution in [0.15, 0.2) is 41.0 Å². The Kier molecular flexibility index (Phi) is 3.51. The van der Waals surface area contributed by atoms with E-state index in [1.54, 1.807) is 18.2 Å². The van der Waals surface area contributed by atoms with Crippen molar-refractivity contribution < 1.29 is 9.21 Å². The van der Waals surface area contributed by atoms with E-state index in [4.69, 9.17) is 4.42 Å². The van der Waals surface area contributed by atoms with Crippen LogP contribution in [0.3, 0.4) is 0 Å². The molecule has 0 radical (unpaired) electrons. The van der Waals surface area contributed by atoms with Gasteiger partial charge >= 0.3 is 0 Å². The van der Waals surface area contributed by atoms with Gasteiger partial charge in [-0.15, -0.1) is 0 Å². The van der Waals surface area contributed by atoms with Crippen LogP contribution >= 0.6 is 0 Å². The fraction of sp³-hybridized carbons (Fsp3) is 0.267. The van der Waals surface area contributed by atoms with Crippen molar-refractivity contribution in [2.24, 2.45) is 0 Å². The summed E-state index contributed by atoms with van der Waals surface area (Å²) in [5.74, 6) is 0.799. The second kappa shape index (κ2) is 5.08. The third kappa shape index (κ3) is 2.80. The van der Waals surface area contributed by atoms with Gasteiger partial charge in [0.1, 0.15) is 5.76 Å². The van der Waals surface area contributed by atoms with Crippen molar-refractivity contribution in [2.45, 2.75) is 20.4 Å². The Hall–Kier alpha value is -2.03. The van der Waals surface area contributed by atoms with Crippen LogP contribution in [-0.4, -0.2) is 17.9 Å². The van der Waals surface area contributed by atoms with Gasteiger partial charge in [0.15, 0.2) is 0 Å². The Bertz CT molecular complexity index is 523. The molecule has 0 aliphatic carbocycles. The highest BCUT2D eigenvalue weighted by atomic mass is 16.3. The lowest BCUT2D eigenvalue weighted by molar-refractivity contribution is 0.0775. The minimum atomic E-state index is 0.0122. The second-order valence-electron chi connectivity index (χ2n) is 4.62. The first-order valence-corrected chi connectivity index (χ1v) is 5.92. The SMILES string of the molecule is Cc1cc(C)cc(C(=O)N(C)Cc2ccco2)c1. The van der Waals surface area contributed by atoms with E-state index in [-0.39, 0.29) is 5.91 Å². The molecule has 1 amide bonds. The standard InChI is InChI=1S/C15H17NO2/c1-11-7-12(2)9-13(8-11)15(17)16(3)10-14-5-4-6-18-14/h4-9H,10H2,1-3H3. The van der Waals surface area contributed by atoms with Gasteiger partial charge in [0.2, 0.25) is 0 Å². The third-order valence-corrected chi connectivity index (χ3v) is 2.79. The minimum absolute atomic E-state index is 0.0122. The summed E-state index contributed by atoms with van der Waals surface area (Å²) in [5, 5.41) is 0. The summed E-state index contributed by atoms with van der Waals surface area (Å²) in [5.41, 5.74) is 2.93. The monoisotopic (exact) mass is 243 g/mol. The van der Waals surface area contributed by atoms with Crippen molar-refractivity contribution in [3.8, 4) is 0 Å². The third-order valence-electron chi connectivity index (χ3n) is 2.79. The van der Waals surface area contributed by atoms with E-state index in [2.05, 4.69) is 6.07 Å². The molecule has 1 aromatic carbocycles. The molecule has 0 aliphatic rings. The van der Waals surface area contributed by atoms with Crippen LogP contribution in [0.25, 0.3) is 0 Å². The lowest BCUT2D eigenvalue weighted by Crippen LogP contribution is -2.26. The molecule has 0 unspecified atom stereocenters. The van der Waals surface area contributed by atoms with Crippen molar-refractivity contribution in [3.63, 3.8) is 0 Å². The number of rotatable bonds is 3. The van der Waals surface area contributed by atoms with Crippen LogP contribution in [0.2, 0.25) is 0 Å². The Morgan fingerprint density at radius 2 is 1.89 bits per heavy atom. The summed E-state index contributed by atoms with van der Waals surface area (Å²) in [6.45, 7) is 4.48. The summed E-state index contributed by atoms with van der Waals surface area (Å²) in [6, 6.07) is 9.57. The highest BCUT2D eigenvalue weighted by Gasteiger charge is 2.13. The number of amides is 1. The molecule has 1 aromatic heterocycles. The fourth-order valence-electron chi connectivity index (χ4n) is 2.03. The predicted molar refractivity (Wildman–Crippen MR) is 70.4 cm³/mol. The quantitative estimate of drug-likeness (QED) is 0.829. The molecule has 0 saturated heterocycles. The Labute approximate surface area is 107 Å². The van der Waals surface area contributed by atoms with Gasteiger partial charge in [0.25, 0.3) is 5.91 Å². The maximum atomic E-state index is 12.3. The van der Waals surface area contributed by atoms with Crippen LogP contribution < -0.4 is 0 Å². The van der Waals surface area contributed by atoms with Crippen molar-refractivity contribution >= 4 is 5.91 Å². The van der Waals surface area contributed by atoms with E-state index < -0.39 is 0 Å². The fourth-order valence-corrected chi connectivity index (χ4v) is 2.03. The molecule has 1 heterocycles. The molecular weight excluding hydrogens is 226 g/mol. The number of furan rings is 1. The summed E-state index contributed by atoms with van der Waals surface area (Å²) < 4.78 is 5.24. The van der Waals surface area contributed by atoms with Crippen LogP contribution in [-0.2, 0) is 6.54 Å². The molecule has 0 spiro atoms. The molecular formula is C15H17NO2. The Morgan fingerprint density at radius 1 is 1.22 bits per heavy atom. The maximum absolute atomic E-state index is 12.3. The zero-order valence-electron chi connectivity index (χ0n) is 10.9. The Balaban J connectivity index is 2.15. The first kappa shape index (κ1) is 12.4. The van der Waals surface area contributed by atoms with Gasteiger partial charge in [-0.3, -0.25) is 4.79 Å². The number of hydrogen-bond acceptors (Lipinski definition) is 2. The van der Waals surface area contributed by atoms with Gasteiger partial charge in [0.05, 0.1) is 12.8 Å². The molecule has 0 aliphatic heterocycles. The summed E-state index contributed by atoms with van der Waals surface area (Å²) in [7, 11) is 1.78. The van der Waals surface area contributed by atoms with Crippen molar-refractivity contribution in [1.82, 2.24) is 4.90 Å². The van der Waals surface area contributed by atoms with E-state index in [0.29, 0.717) is 6.54 Å². The van der Waals surface area contributed by atoms with E-state index in [9.17, 15) is 4.79 Å². The van der Waals surface area contributed by atoms with Gasteiger partial charge in [0, 0.05) is 12.6 Å². The zero-order valence-corrected chi connectivity index (χ0v) is 10.9. The van der Waals surface area contributed by atoms with E-state index in [1.165, 1.54) is 0 Å². The van der Waals surface area contributed by atoms with Crippen molar-refractivity contribution in [2.75, 3.05) is 7.05 Å². The summed E-state index contributed by atoms with van der Waals surface area (Å²) >= 11 is 0. The largest absolute Gasteiger partial charge is 0.467 e. The van der Waals surface area contributed by atoms with Crippen molar-refractivity contribution in [3.05, 3.63) is 59.0 Å². The zero-order chi connectivity index (χ0) is 13.1. The van der Waals surface area contributed by atoms with E-state index in [1.807, 2.05) is 38.1 Å². The lowest BCUT2D eigenvalue weighted by Gasteiger charge is -2.16. The molecule has 3 heteroatoms. The topological polar surface area (TPSA) is 33.5 Å². The molecule has 0 fully saturated rings. The average Bonchev–Trinajstić information content (AvgIpc) is 2.79. The molecule has 94 valence electrons. The van der Waals surface area contributed by atoms with Gasteiger partial charge in [-0.2, -0.15) is 0 Å². The average molecular weight is 243 g/mol. The van der Waals surface area contributed by atoms with Crippen LogP contribution in [0.1, 0.15) is 27.2 Å². The molecule has 0 N–H and O–H groups in total. The lowest BCUT2D eigenvalue weighted by atomic mass is 10.1. The van der Waals surface area contributed by atoms with Crippen LogP contribution in [0.5, 0.6) is 0 Å². The maximum Gasteiger partial charge on any atom is 0.254 e. The number of carbonyl (C=O) groups is 1. The molecule has 2 rings (SSSR count). The van der Waals surface area contributed by atoms with Crippen LogP contribution in [0.4, 0.5) is 0 Å². The number of nitrogens with zero attached hydrogens (tertiary/aromatic N) is 1. The molecule has 3 nitrogen and oxygen atoms in total. The first-order chi connectivity index (χ1) is 8.56. The Morgan fingerprint density at radius 3 is 2.44 bits per heavy atom. The first-order valence-electron chi connectivity index (χ1n) is 5.92. The number of hydrogen-bond donors (Lipinski definition) is 0. The van der Waals surface area contributed by atoms with E-state index in [0.717, 1.165) is 22.5 Å². The number of carbonyl (C=O) groups excluding carboxylic acids is 1. The number of aryl methyl sites for hydroxylation is 2. The van der Waals surface area contributed by atoms with Gasteiger partial charge in [-0.25, -0.2) is 0 Å². The highest BCUT2D eigenvalue weighted by molar-refractivity contribution is 5.94. The molecule has 2 aromatic rings. The van der Waals surface area contributed by atoms with Crippen LogP contribution in [0, 0.1) is 13.8 Å². The summed E-state index contributed by atoms with van der Waals surface area (Å²) in [6.07, 6.45) is 1.62. The number of benzene rings is 1. The van der Waals surface area contributed by atoms with Crippen molar-refractivity contribution in [1.29, 1.82) is 0 Å². The van der Waals surface area contributed by atoms with Gasteiger partial charge < -0.3 is 9.32 Å². The molecule has 18 heavy (non-hydrogen) atoms.